The fourth-order valence-electron chi connectivity index (χ4n) is 2.53. The van der Waals surface area contributed by atoms with Gasteiger partial charge in [-0.25, -0.2) is 0 Å². The van der Waals surface area contributed by atoms with Crippen LogP contribution < -0.4 is 9.47 Å². The number of halogens is 1. The van der Waals surface area contributed by atoms with Gasteiger partial charge in [0.2, 0.25) is 0 Å². The molecule has 4 heteroatoms. The molecule has 0 bridgehead atoms. The van der Waals surface area contributed by atoms with Crippen molar-refractivity contribution in [2.45, 2.75) is 45.4 Å². The van der Waals surface area contributed by atoms with Crippen molar-refractivity contribution in [2.24, 2.45) is 0 Å². The number of rotatable bonds is 3. The molecule has 0 atom stereocenters. The molecule has 2 rings (SSSR count). The van der Waals surface area contributed by atoms with Crippen LogP contribution in [0.2, 0.25) is 0 Å². The molecule has 0 radical (unpaired) electrons. The van der Waals surface area contributed by atoms with E-state index in [0.717, 1.165) is 33.5 Å². The SMILES string of the molecule is CC(C)c1c(C(C)(C)CO)cc(Br)c2c1OCCCO2. The third kappa shape index (κ3) is 2.82. The van der Waals surface area contributed by atoms with Crippen molar-refractivity contribution in [3.8, 4) is 11.5 Å². The first kappa shape index (κ1) is 15.6. The number of ether oxygens (including phenoxy) is 2. The first-order valence-electron chi connectivity index (χ1n) is 7.12. The highest BCUT2D eigenvalue weighted by Crippen LogP contribution is 2.47. The van der Waals surface area contributed by atoms with Gasteiger partial charge in [-0.05, 0) is 33.5 Å². The fourth-order valence-corrected chi connectivity index (χ4v) is 3.05. The third-order valence-electron chi connectivity index (χ3n) is 3.71. The maximum absolute atomic E-state index is 9.72. The molecule has 0 amide bonds. The van der Waals surface area contributed by atoms with Crippen LogP contribution in [-0.4, -0.2) is 24.9 Å². The molecule has 112 valence electrons. The maximum atomic E-state index is 9.72. The number of aliphatic hydroxyl groups is 1. The Balaban J connectivity index is 2.70. The Hall–Kier alpha value is -0.740. The van der Waals surface area contributed by atoms with Crippen molar-refractivity contribution < 1.29 is 14.6 Å². The lowest BCUT2D eigenvalue weighted by molar-refractivity contribution is 0.216. The molecule has 1 N–H and O–H groups in total. The van der Waals surface area contributed by atoms with E-state index >= 15 is 0 Å². The zero-order valence-electron chi connectivity index (χ0n) is 12.6. The number of benzene rings is 1. The van der Waals surface area contributed by atoms with E-state index in [0.29, 0.717) is 19.1 Å². The molecule has 0 aliphatic carbocycles. The smallest absolute Gasteiger partial charge is 0.175 e. The Morgan fingerprint density at radius 1 is 1.25 bits per heavy atom. The second kappa shape index (κ2) is 5.94. The lowest BCUT2D eigenvalue weighted by Crippen LogP contribution is -2.25. The number of fused-ring (bicyclic) bond motifs is 1. The Bertz CT molecular complexity index is 495. The van der Waals surface area contributed by atoms with Crippen LogP contribution in [0.3, 0.4) is 0 Å². The lowest BCUT2D eigenvalue weighted by Gasteiger charge is -2.29. The van der Waals surface area contributed by atoms with E-state index < -0.39 is 0 Å². The van der Waals surface area contributed by atoms with Crippen molar-refractivity contribution in [1.29, 1.82) is 0 Å². The van der Waals surface area contributed by atoms with E-state index in [4.69, 9.17) is 9.47 Å². The number of hydrogen-bond donors (Lipinski definition) is 1. The van der Waals surface area contributed by atoms with Crippen LogP contribution in [0, 0.1) is 0 Å². The quantitative estimate of drug-likeness (QED) is 0.901. The monoisotopic (exact) mass is 342 g/mol. The van der Waals surface area contributed by atoms with Crippen LogP contribution in [0.25, 0.3) is 0 Å². The van der Waals surface area contributed by atoms with Gasteiger partial charge in [0, 0.05) is 17.4 Å². The van der Waals surface area contributed by atoms with Crippen LogP contribution in [0.15, 0.2) is 10.5 Å². The van der Waals surface area contributed by atoms with E-state index in [2.05, 4.69) is 35.8 Å². The summed E-state index contributed by atoms with van der Waals surface area (Å²) >= 11 is 3.59. The van der Waals surface area contributed by atoms with Crippen LogP contribution in [0.5, 0.6) is 11.5 Å². The highest BCUT2D eigenvalue weighted by molar-refractivity contribution is 9.10. The van der Waals surface area contributed by atoms with E-state index in [1.807, 2.05) is 13.8 Å². The zero-order valence-corrected chi connectivity index (χ0v) is 14.2. The van der Waals surface area contributed by atoms with Crippen molar-refractivity contribution >= 4 is 15.9 Å². The molecule has 3 nitrogen and oxygen atoms in total. The molecule has 0 fully saturated rings. The zero-order chi connectivity index (χ0) is 14.9. The molecule has 1 heterocycles. The van der Waals surface area contributed by atoms with Gasteiger partial charge >= 0.3 is 0 Å². The molecule has 20 heavy (non-hydrogen) atoms. The largest absolute Gasteiger partial charge is 0.489 e. The summed E-state index contributed by atoms with van der Waals surface area (Å²) in [4.78, 5) is 0. The normalized spacial score (nSPS) is 15.3. The van der Waals surface area contributed by atoms with Gasteiger partial charge < -0.3 is 14.6 Å². The van der Waals surface area contributed by atoms with Gasteiger partial charge in [0.25, 0.3) is 0 Å². The third-order valence-corrected chi connectivity index (χ3v) is 4.30. The summed E-state index contributed by atoms with van der Waals surface area (Å²) in [6.07, 6.45) is 0.886. The Morgan fingerprint density at radius 3 is 2.40 bits per heavy atom. The average molecular weight is 343 g/mol. The number of aliphatic hydroxyl groups excluding tert-OH is 1. The molecule has 0 spiro atoms. The van der Waals surface area contributed by atoms with E-state index in [-0.39, 0.29) is 12.0 Å². The minimum absolute atomic E-state index is 0.0960. The number of hydrogen-bond acceptors (Lipinski definition) is 3. The molecule has 0 saturated heterocycles. The summed E-state index contributed by atoms with van der Waals surface area (Å²) in [6.45, 7) is 9.82. The van der Waals surface area contributed by atoms with Crippen molar-refractivity contribution in [2.75, 3.05) is 19.8 Å². The summed E-state index contributed by atoms with van der Waals surface area (Å²) in [5, 5.41) is 9.72. The average Bonchev–Trinajstić information content (AvgIpc) is 2.64. The molecular weight excluding hydrogens is 320 g/mol. The van der Waals surface area contributed by atoms with Gasteiger partial charge in [0.05, 0.1) is 24.3 Å². The summed E-state index contributed by atoms with van der Waals surface area (Å²) < 4.78 is 12.7. The molecule has 1 aromatic carbocycles. The second-order valence-electron chi connectivity index (χ2n) is 6.23. The summed E-state index contributed by atoms with van der Waals surface area (Å²) in [6, 6.07) is 2.07. The van der Waals surface area contributed by atoms with E-state index in [1.165, 1.54) is 0 Å². The summed E-state index contributed by atoms with van der Waals surface area (Å²) in [7, 11) is 0. The van der Waals surface area contributed by atoms with Gasteiger partial charge in [-0.1, -0.05) is 27.7 Å². The van der Waals surface area contributed by atoms with Gasteiger partial charge in [0.15, 0.2) is 11.5 Å². The molecule has 1 aromatic rings. The Labute approximate surface area is 129 Å². The minimum atomic E-state index is -0.313. The first-order chi connectivity index (χ1) is 9.38. The molecular formula is C16H23BrO3. The molecule has 0 unspecified atom stereocenters. The van der Waals surface area contributed by atoms with Gasteiger partial charge in [-0.15, -0.1) is 0 Å². The lowest BCUT2D eigenvalue weighted by atomic mass is 9.79. The Morgan fingerprint density at radius 2 is 1.85 bits per heavy atom. The topological polar surface area (TPSA) is 38.7 Å². The van der Waals surface area contributed by atoms with E-state index in [1.54, 1.807) is 0 Å². The van der Waals surface area contributed by atoms with Crippen molar-refractivity contribution in [1.82, 2.24) is 0 Å². The van der Waals surface area contributed by atoms with Crippen LogP contribution >= 0.6 is 15.9 Å². The predicted molar refractivity (Wildman–Crippen MR) is 83.9 cm³/mol. The van der Waals surface area contributed by atoms with Crippen LogP contribution in [0.4, 0.5) is 0 Å². The fraction of sp³-hybridized carbons (Fsp3) is 0.625. The van der Waals surface area contributed by atoms with Crippen LogP contribution in [-0.2, 0) is 5.41 Å². The highest BCUT2D eigenvalue weighted by Gasteiger charge is 2.30. The summed E-state index contributed by atoms with van der Waals surface area (Å²) in [5.41, 5.74) is 1.95. The van der Waals surface area contributed by atoms with E-state index in [9.17, 15) is 5.11 Å². The second-order valence-corrected chi connectivity index (χ2v) is 7.08. The summed E-state index contributed by atoms with van der Waals surface area (Å²) in [5.74, 6) is 1.94. The predicted octanol–water partition coefficient (Wildman–Crippen LogP) is 4.00. The molecule has 1 aliphatic rings. The molecule has 0 aromatic heterocycles. The minimum Gasteiger partial charge on any atom is -0.489 e. The van der Waals surface area contributed by atoms with Crippen molar-refractivity contribution in [3.05, 3.63) is 21.7 Å². The maximum Gasteiger partial charge on any atom is 0.175 e. The van der Waals surface area contributed by atoms with Crippen LogP contribution in [0.1, 0.15) is 51.2 Å². The first-order valence-corrected chi connectivity index (χ1v) is 7.91. The highest BCUT2D eigenvalue weighted by atomic mass is 79.9. The molecule has 0 saturated carbocycles. The van der Waals surface area contributed by atoms with Crippen molar-refractivity contribution in [3.63, 3.8) is 0 Å². The standard InChI is InChI=1S/C16H23BrO3/c1-10(2)13-11(16(3,4)9-18)8-12(17)14-15(13)20-7-5-6-19-14/h8,10,18H,5-7,9H2,1-4H3. The Kier molecular flexibility index (Phi) is 4.65. The molecule has 1 aliphatic heterocycles. The van der Waals surface area contributed by atoms with Gasteiger partial charge in [-0.2, -0.15) is 0 Å². The van der Waals surface area contributed by atoms with Gasteiger partial charge in [-0.3, -0.25) is 0 Å². The van der Waals surface area contributed by atoms with Gasteiger partial charge in [0.1, 0.15) is 0 Å².